The lowest BCUT2D eigenvalue weighted by atomic mass is 10.2. The Bertz CT molecular complexity index is 1050. The van der Waals surface area contributed by atoms with E-state index in [0.29, 0.717) is 16.9 Å². The molecule has 0 bridgehead atoms. The number of esters is 1. The van der Waals surface area contributed by atoms with Gasteiger partial charge in [0.15, 0.2) is 0 Å². The lowest BCUT2D eigenvalue weighted by Crippen LogP contribution is -2.34. The molecule has 2 aromatic carbocycles. The number of sulfonamides is 1. The third kappa shape index (κ3) is 4.44. The lowest BCUT2D eigenvalue weighted by Gasteiger charge is -2.16. The van der Waals surface area contributed by atoms with Crippen LogP contribution in [0.15, 0.2) is 53.4 Å². The quantitative estimate of drug-likeness (QED) is 0.533. The van der Waals surface area contributed by atoms with Crippen LogP contribution in [-0.2, 0) is 24.3 Å². The molecule has 1 aliphatic rings. The number of anilines is 2. The standard InChI is InChI=1S/C19H19N3O6S/c1-2-28-19(25)12-3-7-14(8-4-12)22-17(23)11-16(18(22)24)21-13-5-9-15(10-6-13)29(20,26)27/h3-10,16,21H,2,11H2,1H3,(H2,20,26,27)/t16-/m0/s1. The number of hydrogen-bond donors (Lipinski definition) is 2. The van der Waals surface area contributed by atoms with Crippen LogP contribution in [-0.4, -0.2) is 38.9 Å². The molecule has 2 aromatic rings. The number of hydrogen-bond acceptors (Lipinski definition) is 7. The Morgan fingerprint density at radius 3 is 2.31 bits per heavy atom. The highest BCUT2D eigenvalue weighted by Crippen LogP contribution is 2.26. The molecular weight excluding hydrogens is 398 g/mol. The molecule has 29 heavy (non-hydrogen) atoms. The minimum Gasteiger partial charge on any atom is -0.462 e. The number of rotatable bonds is 6. The second-order valence-electron chi connectivity index (χ2n) is 6.31. The smallest absolute Gasteiger partial charge is 0.338 e. The van der Waals surface area contributed by atoms with Crippen molar-refractivity contribution in [2.45, 2.75) is 24.3 Å². The summed E-state index contributed by atoms with van der Waals surface area (Å²) in [5, 5.41) is 7.98. The summed E-state index contributed by atoms with van der Waals surface area (Å²) in [6.45, 7) is 1.94. The molecular formula is C19H19N3O6S. The topological polar surface area (TPSA) is 136 Å². The first-order valence-electron chi connectivity index (χ1n) is 8.74. The van der Waals surface area contributed by atoms with Gasteiger partial charge in [-0.25, -0.2) is 23.3 Å². The van der Waals surface area contributed by atoms with Gasteiger partial charge in [0.1, 0.15) is 6.04 Å². The first-order chi connectivity index (χ1) is 13.7. The number of ether oxygens (including phenoxy) is 1. The Morgan fingerprint density at radius 1 is 1.14 bits per heavy atom. The van der Waals surface area contributed by atoms with Crippen LogP contribution < -0.4 is 15.4 Å². The van der Waals surface area contributed by atoms with Crippen LogP contribution >= 0.6 is 0 Å². The second-order valence-corrected chi connectivity index (χ2v) is 7.87. The molecule has 1 fully saturated rings. The summed E-state index contributed by atoms with van der Waals surface area (Å²) < 4.78 is 27.5. The van der Waals surface area contributed by atoms with Crippen LogP contribution in [0.4, 0.5) is 11.4 Å². The molecule has 0 aliphatic carbocycles. The van der Waals surface area contributed by atoms with E-state index in [-0.39, 0.29) is 17.9 Å². The SMILES string of the molecule is CCOC(=O)c1ccc(N2C(=O)C[C@H](Nc3ccc(S(N)(=O)=O)cc3)C2=O)cc1. The number of nitrogens with zero attached hydrogens (tertiary/aromatic N) is 1. The maximum absolute atomic E-state index is 12.7. The number of carbonyl (C=O) groups is 3. The molecule has 0 spiro atoms. The van der Waals surface area contributed by atoms with Crippen LogP contribution in [0, 0.1) is 0 Å². The summed E-state index contributed by atoms with van der Waals surface area (Å²) in [5.74, 6) is -1.33. The Kier molecular flexibility index (Phi) is 5.66. The average Bonchev–Trinajstić information content (AvgIpc) is 2.95. The van der Waals surface area contributed by atoms with E-state index in [1.54, 1.807) is 6.92 Å². The van der Waals surface area contributed by atoms with Crippen molar-refractivity contribution in [3.05, 3.63) is 54.1 Å². The van der Waals surface area contributed by atoms with Gasteiger partial charge in [-0.2, -0.15) is 0 Å². The number of benzene rings is 2. The highest BCUT2D eigenvalue weighted by molar-refractivity contribution is 7.89. The minimum atomic E-state index is -3.81. The number of nitrogens with one attached hydrogen (secondary N) is 1. The van der Waals surface area contributed by atoms with Crippen molar-refractivity contribution < 1.29 is 27.5 Å². The van der Waals surface area contributed by atoms with E-state index < -0.39 is 33.8 Å². The largest absolute Gasteiger partial charge is 0.462 e. The summed E-state index contributed by atoms with van der Waals surface area (Å²) >= 11 is 0. The van der Waals surface area contributed by atoms with Gasteiger partial charge in [0.05, 0.1) is 29.2 Å². The summed E-state index contributed by atoms with van der Waals surface area (Å²) in [7, 11) is -3.81. The summed E-state index contributed by atoms with van der Waals surface area (Å²) in [6, 6.07) is 10.7. The highest BCUT2D eigenvalue weighted by Gasteiger charge is 2.39. The molecule has 0 unspecified atom stereocenters. The maximum Gasteiger partial charge on any atom is 0.338 e. The fraction of sp³-hybridized carbons (Fsp3) is 0.211. The van der Waals surface area contributed by atoms with Gasteiger partial charge in [0.2, 0.25) is 15.9 Å². The zero-order valence-electron chi connectivity index (χ0n) is 15.5. The number of primary sulfonamides is 1. The van der Waals surface area contributed by atoms with Gasteiger partial charge in [-0.3, -0.25) is 9.59 Å². The van der Waals surface area contributed by atoms with Gasteiger partial charge in [-0.05, 0) is 55.5 Å². The molecule has 0 radical (unpaired) electrons. The fourth-order valence-electron chi connectivity index (χ4n) is 2.92. The fourth-order valence-corrected chi connectivity index (χ4v) is 3.43. The van der Waals surface area contributed by atoms with Gasteiger partial charge in [-0.1, -0.05) is 0 Å². The first-order valence-corrected chi connectivity index (χ1v) is 10.3. The molecule has 9 nitrogen and oxygen atoms in total. The predicted molar refractivity (Wildman–Crippen MR) is 105 cm³/mol. The number of nitrogens with two attached hydrogens (primary N) is 1. The van der Waals surface area contributed by atoms with Crippen molar-refractivity contribution >= 4 is 39.2 Å². The predicted octanol–water partition coefficient (Wildman–Crippen LogP) is 1.25. The highest BCUT2D eigenvalue weighted by atomic mass is 32.2. The van der Waals surface area contributed by atoms with Crippen molar-refractivity contribution in [3.63, 3.8) is 0 Å². The van der Waals surface area contributed by atoms with Crippen molar-refractivity contribution in [1.29, 1.82) is 0 Å². The van der Waals surface area contributed by atoms with Gasteiger partial charge >= 0.3 is 5.97 Å². The van der Waals surface area contributed by atoms with Crippen LogP contribution in [0.25, 0.3) is 0 Å². The summed E-state index contributed by atoms with van der Waals surface area (Å²) in [6.07, 6.45) is -0.0601. The third-order valence-electron chi connectivity index (χ3n) is 4.31. The van der Waals surface area contributed by atoms with Crippen LogP contribution in [0.2, 0.25) is 0 Å². The van der Waals surface area contributed by atoms with Gasteiger partial charge < -0.3 is 10.1 Å². The molecule has 1 aliphatic heterocycles. The Balaban J connectivity index is 1.73. The first kappa shape index (κ1) is 20.5. The van der Waals surface area contributed by atoms with E-state index in [4.69, 9.17) is 9.88 Å². The van der Waals surface area contributed by atoms with Gasteiger partial charge in [0, 0.05) is 5.69 Å². The van der Waals surface area contributed by atoms with E-state index in [2.05, 4.69) is 5.32 Å². The molecule has 0 saturated carbocycles. The molecule has 1 heterocycles. The Labute approximate surface area is 167 Å². The number of carbonyl (C=O) groups excluding carboxylic acids is 3. The van der Waals surface area contributed by atoms with E-state index in [1.165, 1.54) is 48.5 Å². The van der Waals surface area contributed by atoms with Crippen molar-refractivity contribution in [2.75, 3.05) is 16.8 Å². The number of imide groups is 1. The molecule has 10 heteroatoms. The Hall–Kier alpha value is -3.24. The zero-order chi connectivity index (χ0) is 21.2. The van der Waals surface area contributed by atoms with E-state index >= 15 is 0 Å². The van der Waals surface area contributed by atoms with E-state index in [0.717, 1.165) is 4.90 Å². The van der Waals surface area contributed by atoms with Gasteiger partial charge in [0.25, 0.3) is 5.91 Å². The molecule has 2 amide bonds. The lowest BCUT2D eigenvalue weighted by molar-refractivity contribution is -0.121. The van der Waals surface area contributed by atoms with E-state index in [9.17, 15) is 22.8 Å². The molecule has 152 valence electrons. The van der Waals surface area contributed by atoms with E-state index in [1.807, 2.05) is 0 Å². The van der Waals surface area contributed by atoms with Crippen molar-refractivity contribution in [2.24, 2.45) is 5.14 Å². The maximum atomic E-state index is 12.7. The van der Waals surface area contributed by atoms with Crippen LogP contribution in [0.5, 0.6) is 0 Å². The summed E-state index contributed by atoms with van der Waals surface area (Å²) in [5.41, 5.74) is 1.14. The number of amides is 2. The molecule has 1 saturated heterocycles. The minimum absolute atomic E-state index is 0.0554. The third-order valence-corrected chi connectivity index (χ3v) is 5.24. The van der Waals surface area contributed by atoms with Crippen molar-refractivity contribution in [3.8, 4) is 0 Å². The molecule has 3 N–H and O–H groups in total. The van der Waals surface area contributed by atoms with Gasteiger partial charge in [-0.15, -0.1) is 0 Å². The average molecular weight is 417 g/mol. The zero-order valence-corrected chi connectivity index (χ0v) is 16.3. The second kappa shape index (κ2) is 8.02. The van der Waals surface area contributed by atoms with Crippen LogP contribution in [0.1, 0.15) is 23.7 Å². The monoisotopic (exact) mass is 417 g/mol. The Morgan fingerprint density at radius 2 is 1.76 bits per heavy atom. The summed E-state index contributed by atoms with van der Waals surface area (Å²) in [4.78, 5) is 37.8. The normalized spacial score (nSPS) is 16.8. The van der Waals surface area contributed by atoms with Crippen LogP contribution in [0.3, 0.4) is 0 Å². The molecule has 1 atom stereocenters. The molecule has 0 aromatic heterocycles. The molecule has 3 rings (SSSR count). The van der Waals surface area contributed by atoms with Crippen molar-refractivity contribution in [1.82, 2.24) is 0 Å².